The van der Waals surface area contributed by atoms with Crippen LogP contribution in [0.3, 0.4) is 0 Å². The van der Waals surface area contributed by atoms with E-state index >= 15 is 0 Å². The van der Waals surface area contributed by atoms with Crippen molar-refractivity contribution in [2.24, 2.45) is 0 Å². The number of ether oxygens (including phenoxy) is 1. The summed E-state index contributed by atoms with van der Waals surface area (Å²) in [5.41, 5.74) is 0.289. The molecule has 1 aromatic rings. The molecule has 1 rings (SSSR count). The van der Waals surface area contributed by atoms with Crippen LogP contribution < -0.4 is 0 Å². The maximum Gasteiger partial charge on any atom is 0.341 e. The van der Waals surface area contributed by atoms with Crippen molar-refractivity contribution in [1.29, 1.82) is 0 Å². The highest BCUT2D eigenvalue weighted by Gasteiger charge is 2.14. The van der Waals surface area contributed by atoms with Crippen LogP contribution in [0.15, 0.2) is 12.1 Å². The van der Waals surface area contributed by atoms with Gasteiger partial charge in [-0.1, -0.05) is 0 Å². The quantitative estimate of drug-likeness (QED) is 0.739. The summed E-state index contributed by atoms with van der Waals surface area (Å²) >= 11 is 0. The summed E-state index contributed by atoms with van der Waals surface area (Å²) in [6.07, 6.45) is 0. The summed E-state index contributed by atoms with van der Waals surface area (Å²) in [4.78, 5) is 11.2. The van der Waals surface area contributed by atoms with Crippen molar-refractivity contribution in [2.75, 3.05) is 6.61 Å². The minimum absolute atomic E-state index is 0.00856. The SMILES string of the molecule is CCOC(=O)c1cc(C)c(F)cc1O. The van der Waals surface area contributed by atoms with Crippen molar-refractivity contribution in [3.8, 4) is 5.75 Å². The molecule has 0 saturated carbocycles. The van der Waals surface area contributed by atoms with E-state index in [0.29, 0.717) is 5.56 Å². The predicted molar refractivity (Wildman–Crippen MR) is 48.8 cm³/mol. The number of carbonyl (C=O) groups is 1. The van der Waals surface area contributed by atoms with Gasteiger partial charge in [-0.2, -0.15) is 0 Å². The minimum Gasteiger partial charge on any atom is -0.507 e. The van der Waals surface area contributed by atoms with Crippen molar-refractivity contribution in [1.82, 2.24) is 0 Å². The Morgan fingerprint density at radius 3 is 2.79 bits per heavy atom. The number of rotatable bonds is 2. The Hall–Kier alpha value is -1.58. The lowest BCUT2D eigenvalue weighted by Crippen LogP contribution is -2.05. The first-order valence-corrected chi connectivity index (χ1v) is 4.22. The highest BCUT2D eigenvalue weighted by Crippen LogP contribution is 2.21. The van der Waals surface area contributed by atoms with E-state index in [4.69, 9.17) is 0 Å². The summed E-state index contributed by atoms with van der Waals surface area (Å²) in [6, 6.07) is 2.17. The standard InChI is InChI=1S/C10H11FO3/c1-3-14-10(13)7-4-6(2)8(11)5-9(7)12/h4-5,12H,3H2,1-2H3. The summed E-state index contributed by atoms with van der Waals surface area (Å²) < 4.78 is 17.6. The first kappa shape index (κ1) is 10.5. The number of phenolic OH excluding ortho intramolecular Hbond substituents is 1. The molecule has 3 nitrogen and oxygen atoms in total. The summed E-state index contributed by atoms with van der Waals surface area (Å²) in [6.45, 7) is 3.39. The van der Waals surface area contributed by atoms with E-state index in [1.165, 1.54) is 13.0 Å². The molecule has 0 unspecified atom stereocenters. The van der Waals surface area contributed by atoms with E-state index < -0.39 is 17.5 Å². The smallest absolute Gasteiger partial charge is 0.341 e. The number of benzene rings is 1. The van der Waals surface area contributed by atoms with Crippen molar-refractivity contribution >= 4 is 5.97 Å². The zero-order valence-electron chi connectivity index (χ0n) is 8.00. The molecule has 0 bridgehead atoms. The summed E-state index contributed by atoms with van der Waals surface area (Å²) in [7, 11) is 0. The Morgan fingerprint density at radius 1 is 1.57 bits per heavy atom. The molecule has 0 fully saturated rings. The van der Waals surface area contributed by atoms with Crippen LogP contribution in [0.5, 0.6) is 5.75 Å². The van der Waals surface area contributed by atoms with Crippen LogP contribution in [0.1, 0.15) is 22.8 Å². The second-order valence-electron chi connectivity index (χ2n) is 2.84. The highest BCUT2D eigenvalue weighted by molar-refractivity contribution is 5.92. The molecule has 0 aliphatic heterocycles. The molecule has 0 saturated heterocycles. The number of hydrogen-bond acceptors (Lipinski definition) is 3. The number of phenols is 1. The molecule has 14 heavy (non-hydrogen) atoms. The van der Waals surface area contributed by atoms with E-state index in [9.17, 15) is 14.3 Å². The van der Waals surface area contributed by atoms with E-state index in [1.807, 2.05) is 0 Å². The molecule has 0 atom stereocenters. The molecule has 1 N–H and O–H groups in total. The Balaban J connectivity index is 3.09. The molecule has 0 spiro atoms. The fourth-order valence-electron chi connectivity index (χ4n) is 1.04. The lowest BCUT2D eigenvalue weighted by atomic mass is 10.1. The monoisotopic (exact) mass is 198 g/mol. The van der Waals surface area contributed by atoms with Crippen LogP contribution in [0, 0.1) is 12.7 Å². The lowest BCUT2D eigenvalue weighted by molar-refractivity contribution is 0.0523. The summed E-state index contributed by atoms with van der Waals surface area (Å²) in [5, 5.41) is 9.27. The van der Waals surface area contributed by atoms with Crippen LogP contribution in [0.4, 0.5) is 4.39 Å². The molecule has 0 aliphatic rings. The van der Waals surface area contributed by atoms with Gasteiger partial charge in [0.2, 0.25) is 0 Å². The van der Waals surface area contributed by atoms with Gasteiger partial charge in [0, 0.05) is 6.07 Å². The first-order chi connectivity index (χ1) is 6.56. The molecule has 0 amide bonds. The average Bonchev–Trinajstić information content (AvgIpc) is 2.11. The third-order valence-electron chi connectivity index (χ3n) is 1.77. The van der Waals surface area contributed by atoms with Crippen LogP contribution >= 0.6 is 0 Å². The number of aryl methyl sites for hydroxylation is 1. The third-order valence-corrected chi connectivity index (χ3v) is 1.77. The van der Waals surface area contributed by atoms with Crippen molar-refractivity contribution in [3.63, 3.8) is 0 Å². The van der Waals surface area contributed by atoms with Gasteiger partial charge < -0.3 is 9.84 Å². The van der Waals surface area contributed by atoms with Gasteiger partial charge >= 0.3 is 5.97 Å². The number of halogens is 1. The minimum atomic E-state index is -0.645. The Kier molecular flexibility index (Phi) is 3.06. The third kappa shape index (κ3) is 2.02. The van der Waals surface area contributed by atoms with Crippen LogP contribution in [-0.4, -0.2) is 17.7 Å². The molecule has 0 aliphatic carbocycles. The lowest BCUT2D eigenvalue weighted by Gasteiger charge is -2.05. The van der Waals surface area contributed by atoms with Gasteiger partial charge in [0.15, 0.2) is 0 Å². The number of esters is 1. The van der Waals surface area contributed by atoms with E-state index in [-0.39, 0.29) is 12.2 Å². The van der Waals surface area contributed by atoms with Gasteiger partial charge in [-0.05, 0) is 25.5 Å². The zero-order chi connectivity index (χ0) is 10.7. The Labute approximate surface area is 81.1 Å². The van der Waals surface area contributed by atoms with Gasteiger partial charge in [-0.25, -0.2) is 9.18 Å². The van der Waals surface area contributed by atoms with Crippen LogP contribution in [0.2, 0.25) is 0 Å². The van der Waals surface area contributed by atoms with Gasteiger partial charge in [0.05, 0.1) is 6.61 Å². The Bertz CT molecular complexity index is 361. The maximum absolute atomic E-state index is 12.9. The largest absolute Gasteiger partial charge is 0.507 e. The highest BCUT2D eigenvalue weighted by atomic mass is 19.1. The zero-order valence-corrected chi connectivity index (χ0v) is 8.00. The van der Waals surface area contributed by atoms with Crippen molar-refractivity contribution < 1.29 is 19.0 Å². The molecular formula is C10H11FO3. The van der Waals surface area contributed by atoms with Crippen LogP contribution in [-0.2, 0) is 4.74 Å². The molecule has 4 heteroatoms. The molecule has 1 aromatic carbocycles. The second kappa shape index (κ2) is 4.09. The van der Waals surface area contributed by atoms with Gasteiger partial charge in [0.1, 0.15) is 17.1 Å². The first-order valence-electron chi connectivity index (χ1n) is 4.22. The maximum atomic E-state index is 12.9. The van der Waals surface area contributed by atoms with Crippen molar-refractivity contribution in [3.05, 3.63) is 29.1 Å². The molecule has 0 aromatic heterocycles. The summed E-state index contributed by atoms with van der Waals surface area (Å²) in [5.74, 6) is -1.59. The normalized spacial score (nSPS) is 9.93. The fourth-order valence-corrected chi connectivity index (χ4v) is 1.04. The Morgan fingerprint density at radius 2 is 2.21 bits per heavy atom. The van der Waals surface area contributed by atoms with Crippen molar-refractivity contribution in [2.45, 2.75) is 13.8 Å². The number of aromatic hydroxyl groups is 1. The number of hydrogen-bond donors (Lipinski definition) is 1. The topological polar surface area (TPSA) is 46.5 Å². The number of carbonyl (C=O) groups excluding carboxylic acids is 1. The van der Waals surface area contributed by atoms with Gasteiger partial charge in [0.25, 0.3) is 0 Å². The molecule has 0 heterocycles. The van der Waals surface area contributed by atoms with Crippen LogP contribution in [0.25, 0.3) is 0 Å². The fraction of sp³-hybridized carbons (Fsp3) is 0.300. The van der Waals surface area contributed by atoms with E-state index in [0.717, 1.165) is 6.07 Å². The van der Waals surface area contributed by atoms with E-state index in [1.54, 1.807) is 6.92 Å². The molecular weight excluding hydrogens is 187 g/mol. The average molecular weight is 198 g/mol. The molecule has 76 valence electrons. The second-order valence-corrected chi connectivity index (χ2v) is 2.84. The molecule has 0 radical (unpaired) electrons. The van der Waals surface area contributed by atoms with Gasteiger partial charge in [-0.3, -0.25) is 0 Å². The predicted octanol–water partition coefficient (Wildman–Crippen LogP) is 2.02. The van der Waals surface area contributed by atoms with E-state index in [2.05, 4.69) is 4.74 Å². The van der Waals surface area contributed by atoms with Gasteiger partial charge in [-0.15, -0.1) is 0 Å².